The van der Waals surface area contributed by atoms with Crippen molar-refractivity contribution in [1.82, 2.24) is 15.1 Å². The summed E-state index contributed by atoms with van der Waals surface area (Å²) in [5.74, 6) is 0. The number of hydrogen-bond donors (Lipinski definition) is 2. The molecule has 1 heterocycles. The number of aryl methyl sites for hydroxylation is 1. The Bertz CT molecular complexity index is 318. The minimum atomic E-state index is 0.0564. The van der Waals surface area contributed by atoms with Gasteiger partial charge >= 0.3 is 0 Å². The third kappa shape index (κ3) is 2.58. The van der Waals surface area contributed by atoms with Crippen LogP contribution in [0.15, 0.2) is 6.20 Å². The summed E-state index contributed by atoms with van der Waals surface area (Å²) in [7, 11) is 3.87. The summed E-state index contributed by atoms with van der Waals surface area (Å²) in [6.45, 7) is 7.09. The fourth-order valence-electron chi connectivity index (χ4n) is 1.75. The van der Waals surface area contributed by atoms with E-state index >= 15 is 0 Å². The maximum Gasteiger partial charge on any atom is 0.0726 e. The fraction of sp³-hybridized carbons (Fsp3) is 0.727. The van der Waals surface area contributed by atoms with Crippen molar-refractivity contribution in [3.8, 4) is 0 Å². The third-order valence-electron chi connectivity index (χ3n) is 2.53. The highest BCUT2D eigenvalue weighted by Crippen LogP contribution is 2.27. The van der Waals surface area contributed by atoms with E-state index < -0.39 is 0 Å². The molecular formula is C11H22N4. The zero-order valence-electron chi connectivity index (χ0n) is 10.3. The van der Waals surface area contributed by atoms with Gasteiger partial charge in [0.1, 0.15) is 0 Å². The smallest absolute Gasteiger partial charge is 0.0726 e. The topological polar surface area (TPSA) is 55.9 Å². The highest BCUT2D eigenvalue weighted by atomic mass is 15.3. The maximum absolute atomic E-state index is 5.74. The molecule has 0 radical (unpaired) electrons. The van der Waals surface area contributed by atoms with Gasteiger partial charge in [-0.15, -0.1) is 0 Å². The Hall–Kier alpha value is -0.870. The highest BCUT2D eigenvalue weighted by Gasteiger charge is 2.25. The second-order valence-corrected chi connectivity index (χ2v) is 4.93. The molecule has 86 valence electrons. The molecule has 0 spiro atoms. The van der Waals surface area contributed by atoms with Crippen molar-refractivity contribution in [2.45, 2.75) is 32.2 Å². The van der Waals surface area contributed by atoms with E-state index in [1.54, 1.807) is 0 Å². The van der Waals surface area contributed by atoms with Crippen molar-refractivity contribution in [2.24, 2.45) is 12.8 Å². The molecule has 0 aromatic carbocycles. The van der Waals surface area contributed by atoms with Crippen molar-refractivity contribution in [3.63, 3.8) is 0 Å². The predicted octanol–water partition coefficient (Wildman–Crippen LogP) is 0.937. The fourth-order valence-corrected chi connectivity index (χ4v) is 1.75. The lowest BCUT2D eigenvalue weighted by Gasteiger charge is -2.21. The molecule has 1 unspecified atom stereocenters. The second kappa shape index (κ2) is 4.33. The molecule has 0 amide bonds. The Morgan fingerprint density at radius 1 is 1.53 bits per heavy atom. The lowest BCUT2D eigenvalue weighted by atomic mass is 9.87. The molecule has 1 atom stereocenters. The molecule has 0 saturated carbocycles. The van der Waals surface area contributed by atoms with E-state index in [1.165, 1.54) is 5.56 Å². The number of nitrogens with two attached hydrogens (primary N) is 1. The number of nitrogens with zero attached hydrogens (tertiary/aromatic N) is 2. The SMILES string of the molecule is CNC(CN)c1cn(C)nc1C(C)(C)C. The molecule has 0 aliphatic heterocycles. The number of nitrogens with one attached hydrogen (secondary N) is 1. The molecule has 1 rings (SSSR count). The Balaban J connectivity index is 3.16. The standard InChI is InChI=1S/C11H22N4/c1-11(2,3)10-8(7-15(5)14-10)9(6-12)13-4/h7,9,13H,6,12H2,1-5H3. The van der Waals surface area contributed by atoms with Gasteiger partial charge in [-0.2, -0.15) is 5.10 Å². The van der Waals surface area contributed by atoms with Crippen molar-refractivity contribution >= 4 is 0 Å². The molecule has 3 N–H and O–H groups in total. The monoisotopic (exact) mass is 210 g/mol. The van der Waals surface area contributed by atoms with E-state index in [-0.39, 0.29) is 11.5 Å². The van der Waals surface area contributed by atoms with Gasteiger partial charge in [-0.3, -0.25) is 4.68 Å². The van der Waals surface area contributed by atoms with Crippen LogP contribution in [-0.4, -0.2) is 23.4 Å². The highest BCUT2D eigenvalue weighted by molar-refractivity contribution is 5.27. The molecule has 4 nitrogen and oxygen atoms in total. The van der Waals surface area contributed by atoms with Crippen molar-refractivity contribution in [1.29, 1.82) is 0 Å². The summed E-state index contributed by atoms with van der Waals surface area (Å²) in [5, 5.41) is 7.74. The van der Waals surface area contributed by atoms with Gasteiger partial charge in [-0.25, -0.2) is 0 Å². The first-order valence-electron chi connectivity index (χ1n) is 5.31. The van der Waals surface area contributed by atoms with Crippen LogP contribution in [0.5, 0.6) is 0 Å². The zero-order valence-corrected chi connectivity index (χ0v) is 10.3. The van der Waals surface area contributed by atoms with E-state index in [0.717, 1.165) is 5.69 Å². The first kappa shape index (κ1) is 12.2. The van der Waals surface area contributed by atoms with Crippen LogP contribution in [0.3, 0.4) is 0 Å². The summed E-state index contributed by atoms with van der Waals surface area (Å²) in [6.07, 6.45) is 2.05. The van der Waals surface area contributed by atoms with Crippen LogP contribution in [-0.2, 0) is 12.5 Å². The normalized spacial score (nSPS) is 14.3. The van der Waals surface area contributed by atoms with Gasteiger partial charge in [0, 0.05) is 36.8 Å². The van der Waals surface area contributed by atoms with Crippen molar-refractivity contribution < 1.29 is 0 Å². The number of hydrogen-bond acceptors (Lipinski definition) is 3. The summed E-state index contributed by atoms with van der Waals surface area (Å²) in [6, 6.07) is 0.188. The first-order chi connectivity index (χ1) is 6.90. The van der Waals surface area contributed by atoms with Crippen molar-refractivity contribution in [3.05, 3.63) is 17.5 Å². The molecule has 0 aliphatic rings. The van der Waals surface area contributed by atoms with Gasteiger partial charge in [-0.1, -0.05) is 20.8 Å². The van der Waals surface area contributed by atoms with E-state index in [9.17, 15) is 0 Å². The van der Waals surface area contributed by atoms with Gasteiger partial charge in [0.25, 0.3) is 0 Å². The van der Waals surface area contributed by atoms with Crippen molar-refractivity contribution in [2.75, 3.05) is 13.6 Å². The Morgan fingerprint density at radius 3 is 2.53 bits per heavy atom. The predicted molar refractivity (Wildman–Crippen MR) is 62.8 cm³/mol. The van der Waals surface area contributed by atoms with Crippen LogP contribution in [0.2, 0.25) is 0 Å². The van der Waals surface area contributed by atoms with E-state index in [0.29, 0.717) is 6.54 Å². The number of rotatable bonds is 3. The van der Waals surface area contributed by atoms with E-state index in [1.807, 2.05) is 18.8 Å². The van der Waals surface area contributed by atoms with Crippen LogP contribution >= 0.6 is 0 Å². The summed E-state index contributed by atoms with van der Waals surface area (Å²) >= 11 is 0. The molecule has 4 heteroatoms. The van der Waals surface area contributed by atoms with Crippen LogP contribution in [0.4, 0.5) is 0 Å². The van der Waals surface area contributed by atoms with Gasteiger partial charge in [0.15, 0.2) is 0 Å². The van der Waals surface area contributed by atoms with Crippen LogP contribution in [0, 0.1) is 0 Å². The van der Waals surface area contributed by atoms with Gasteiger partial charge < -0.3 is 11.1 Å². The Morgan fingerprint density at radius 2 is 2.13 bits per heavy atom. The molecule has 1 aromatic heterocycles. The quantitative estimate of drug-likeness (QED) is 0.780. The molecule has 0 saturated heterocycles. The van der Waals surface area contributed by atoms with E-state index in [4.69, 9.17) is 5.73 Å². The number of likely N-dealkylation sites (N-methyl/N-ethyl adjacent to an activating group) is 1. The summed E-state index contributed by atoms with van der Waals surface area (Å²) in [4.78, 5) is 0. The molecular weight excluding hydrogens is 188 g/mol. The summed E-state index contributed by atoms with van der Waals surface area (Å²) in [5.41, 5.74) is 8.12. The first-order valence-corrected chi connectivity index (χ1v) is 5.31. The molecule has 15 heavy (non-hydrogen) atoms. The lowest BCUT2D eigenvalue weighted by Crippen LogP contribution is -2.27. The lowest BCUT2D eigenvalue weighted by molar-refractivity contribution is 0.528. The molecule has 1 aromatic rings. The average molecular weight is 210 g/mol. The Kier molecular flexibility index (Phi) is 3.52. The largest absolute Gasteiger partial charge is 0.329 e. The second-order valence-electron chi connectivity index (χ2n) is 4.93. The van der Waals surface area contributed by atoms with Crippen LogP contribution < -0.4 is 11.1 Å². The van der Waals surface area contributed by atoms with Gasteiger partial charge in [0.2, 0.25) is 0 Å². The van der Waals surface area contributed by atoms with Gasteiger partial charge in [0.05, 0.1) is 5.69 Å². The van der Waals surface area contributed by atoms with Crippen LogP contribution in [0.25, 0.3) is 0 Å². The van der Waals surface area contributed by atoms with E-state index in [2.05, 4.69) is 37.4 Å². The van der Waals surface area contributed by atoms with Gasteiger partial charge in [-0.05, 0) is 7.05 Å². The van der Waals surface area contributed by atoms with Crippen LogP contribution in [0.1, 0.15) is 38.1 Å². The number of aromatic nitrogens is 2. The summed E-state index contributed by atoms with van der Waals surface area (Å²) < 4.78 is 1.86. The average Bonchev–Trinajstić information content (AvgIpc) is 2.49. The minimum Gasteiger partial charge on any atom is -0.329 e. The third-order valence-corrected chi connectivity index (χ3v) is 2.53. The maximum atomic E-state index is 5.74. The molecule has 0 fully saturated rings. The molecule has 0 bridgehead atoms. The Labute approximate surface area is 91.8 Å². The molecule has 0 aliphatic carbocycles. The zero-order chi connectivity index (χ0) is 11.6. The minimum absolute atomic E-state index is 0.0564.